The van der Waals surface area contributed by atoms with Gasteiger partial charge in [0.1, 0.15) is 17.5 Å². The monoisotopic (exact) mass is 382 g/mol. The zero-order valence-corrected chi connectivity index (χ0v) is 16.6. The molecular weight excluding hydrogens is 356 g/mol. The average Bonchev–Trinajstić information content (AvgIpc) is 2.74. The number of benzene rings is 2. The Labute approximate surface area is 165 Å². The van der Waals surface area contributed by atoms with Gasteiger partial charge in [-0.05, 0) is 31.0 Å². The molecule has 28 heavy (non-hydrogen) atoms. The number of hydrogen-bond donors (Lipinski definition) is 0. The van der Waals surface area contributed by atoms with Crippen LogP contribution in [0.4, 0.5) is 5.69 Å². The highest BCUT2D eigenvalue weighted by atomic mass is 16.5. The van der Waals surface area contributed by atoms with E-state index in [1.54, 1.807) is 49.1 Å². The van der Waals surface area contributed by atoms with Gasteiger partial charge in [0.15, 0.2) is 0 Å². The average molecular weight is 382 g/mol. The second kappa shape index (κ2) is 8.78. The molecule has 6 heteroatoms. The molecule has 0 aromatic heterocycles. The normalized spacial score (nSPS) is 16.8. The van der Waals surface area contributed by atoms with E-state index in [-0.39, 0.29) is 11.8 Å². The number of piperazine rings is 1. The van der Waals surface area contributed by atoms with Crippen molar-refractivity contribution >= 4 is 17.5 Å². The first kappa shape index (κ1) is 19.7. The predicted molar refractivity (Wildman–Crippen MR) is 108 cm³/mol. The summed E-state index contributed by atoms with van der Waals surface area (Å²) in [5.41, 5.74) is 1.78. The molecule has 2 aromatic carbocycles. The number of carbonyl (C=O) groups excluding carboxylic acids is 2. The molecule has 1 heterocycles. The van der Waals surface area contributed by atoms with Crippen LogP contribution in [-0.4, -0.2) is 50.1 Å². The van der Waals surface area contributed by atoms with Crippen LogP contribution in [-0.2, 0) is 16.0 Å². The van der Waals surface area contributed by atoms with Crippen molar-refractivity contribution in [3.05, 3.63) is 54.1 Å². The highest BCUT2D eigenvalue weighted by Crippen LogP contribution is 2.34. The van der Waals surface area contributed by atoms with E-state index in [1.807, 2.05) is 30.3 Å². The van der Waals surface area contributed by atoms with Crippen LogP contribution >= 0.6 is 0 Å². The summed E-state index contributed by atoms with van der Waals surface area (Å²) < 4.78 is 10.7. The summed E-state index contributed by atoms with van der Waals surface area (Å²) in [6.45, 7) is 2.69. The summed E-state index contributed by atoms with van der Waals surface area (Å²) in [4.78, 5) is 29.1. The zero-order valence-electron chi connectivity index (χ0n) is 16.6. The van der Waals surface area contributed by atoms with Crippen molar-refractivity contribution < 1.29 is 19.1 Å². The molecule has 148 valence electrons. The first-order valence-electron chi connectivity index (χ1n) is 9.42. The van der Waals surface area contributed by atoms with E-state index in [9.17, 15) is 9.59 Å². The number of anilines is 1. The Bertz CT molecular complexity index is 838. The lowest BCUT2D eigenvalue weighted by molar-refractivity contribution is -0.140. The second-order valence-electron chi connectivity index (χ2n) is 6.78. The van der Waals surface area contributed by atoms with E-state index in [0.717, 1.165) is 5.56 Å². The van der Waals surface area contributed by atoms with Crippen molar-refractivity contribution in [1.29, 1.82) is 0 Å². The Morgan fingerprint density at radius 1 is 1.07 bits per heavy atom. The lowest BCUT2D eigenvalue weighted by atomic mass is 10.1. The molecule has 0 radical (unpaired) electrons. The third-order valence-corrected chi connectivity index (χ3v) is 5.12. The Hall–Kier alpha value is -3.02. The minimum absolute atomic E-state index is 0.00182. The highest BCUT2D eigenvalue weighted by molar-refractivity contribution is 6.01. The van der Waals surface area contributed by atoms with Gasteiger partial charge in [-0.2, -0.15) is 0 Å². The van der Waals surface area contributed by atoms with Gasteiger partial charge in [0.25, 0.3) is 0 Å². The van der Waals surface area contributed by atoms with Gasteiger partial charge in [-0.1, -0.05) is 30.3 Å². The number of rotatable bonds is 6. The Morgan fingerprint density at radius 3 is 2.50 bits per heavy atom. The molecule has 0 spiro atoms. The molecule has 1 atom stereocenters. The van der Waals surface area contributed by atoms with E-state index in [0.29, 0.717) is 43.1 Å². The molecule has 1 aliphatic rings. The molecule has 1 aliphatic heterocycles. The third-order valence-electron chi connectivity index (χ3n) is 5.12. The van der Waals surface area contributed by atoms with Gasteiger partial charge in [0.2, 0.25) is 11.8 Å². The van der Waals surface area contributed by atoms with E-state index >= 15 is 0 Å². The zero-order chi connectivity index (χ0) is 20.1. The van der Waals surface area contributed by atoms with Crippen molar-refractivity contribution in [2.45, 2.75) is 25.8 Å². The van der Waals surface area contributed by atoms with Crippen LogP contribution in [0.1, 0.15) is 18.9 Å². The smallest absolute Gasteiger partial charge is 0.249 e. The minimum atomic E-state index is -0.520. The second-order valence-corrected chi connectivity index (χ2v) is 6.78. The number of aryl methyl sites for hydroxylation is 1. The first-order chi connectivity index (χ1) is 13.5. The number of carbonyl (C=O) groups is 2. The fourth-order valence-electron chi connectivity index (χ4n) is 3.50. The van der Waals surface area contributed by atoms with Crippen molar-refractivity contribution in [1.82, 2.24) is 4.90 Å². The predicted octanol–water partition coefficient (Wildman–Crippen LogP) is 2.90. The van der Waals surface area contributed by atoms with Crippen LogP contribution in [0.2, 0.25) is 0 Å². The molecule has 0 bridgehead atoms. The van der Waals surface area contributed by atoms with Gasteiger partial charge in [-0.25, -0.2) is 0 Å². The fourth-order valence-corrected chi connectivity index (χ4v) is 3.50. The highest BCUT2D eigenvalue weighted by Gasteiger charge is 2.35. The van der Waals surface area contributed by atoms with Gasteiger partial charge in [-0.15, -0.1) is 0 Å². The summed E-state index contributed by atoms with van der Waals surface area (Å²) in [5, 5.41) is 0. The lowest BCUT2D eigenvalue weighted by Gasteiger charge is -2.39. The molecule has 3 rings (SSSR count). The molecule has 1 fully saturated rings. The fraction of sp³-hybridized carbons (Fsp3) is 0.364. The topological polar surface area (TPSA) is 59.1 Å². The molecule has 2 amide bonds. The Morgan fingerprint density at radius 2 is 1.82 bits per heavy atom. The van der Waals surface area contributed by atoms with Gasteiger partial charge < -0.3 is 19.3 Å². The SMILES string of the molecule is COc1ccc(OC)c(N2CCN(C(=O)CCc3ccccc3)[C@H](C)C2=O)c1. The van der Waals surface area contributed by atoms with Gasteiger partial charge in [0.05, 0.1) is 19.9 Å². The Balaban J connectivity index is 1.70. The standard InChI is InChI=1S/C22H26N2O4/c1-16-22(26)24(19-15-18(27-2)10-11-20(19)28-3)14-13-23(16)21(25)12-9-17-7-5-4-6-8-17/h4-8,10-11,15-16H,9,12-14H2,1-3H3/t16-/m1/s1. The number of nitrogens with zero attached hydrogens (tertiary/aromatic N) is 2. The van der Waals surface area contributed by atoms with Crippen molar-refractivity contribution in [2.75, 3.05) is 32.2 Å². The van der Waals surface area contributed by atoms with Crippen LogP contribution in [0.5, 0.6) is 11.5 Å². The van der Waals surface area contributed by atoms with Crippen LogP contribution in [0.25, 0.3) is 0 Å². The quantitative estimate of drug-likeness (QED) is 0.771. The minimum Gasteiger partial charge on any atom is -0.497 e. The first-order valence-corrected chi connectivity index (χ1v) is 9.42. The number of amides is 2. The molecule has 0 unspecified atom stereocenters. The van der Waals surface area contributed by atoms with Crippen LogP contribution in [0.3, 0.4) is 0 Å². The molecular formula is C22H26N2O4. The summed E-state index contributed by atoms with van der Waals surface area (Å²) >= 11 is 0. The van der Waals surface area contributed by atoms with E-state index in [4.69, 9.17) is 9.47 Å². The number of ether oxygens (including phenoxy) is 2. The molecule has 1 saturated heterocycles. The molecule has 0 N–H and O–H groups in total. The van der Waals surface area contributed by atoms with Crippen molar-refractivity contribution in [3.63, 3.8) is 0 Å². The maximum Gasteiger partial charge on any atom is 0.249 e. The summed E-state index contributed by atoms with van der Waals surface area (Å²) in [5.74, 6) is 1.13. The van der Waals surface area contributed by atoms with E-state index < -0.39 is 6.04 Å². The van der Waals surface area contributed by atoms with Crippen LogP contribution in [0, 0.1) is 0 Å². The van der Waals surface area contributed by atoms with Gasteiger partial charge >= 0.3 is 0 Å². The third kappa shape index (κ3) is 4.11. The molecule has 0 aliphatic carbocycles. The lowest BCUT2D eigenvalue weighted by Crippen LogP contribution is -2.57. The van der Waals surface area contributed by atoms with Crippen LogP contribution in [0.15, 0.2) is 48.5 Å². The number of methoxy groups -OCH3 is 2. The van der Waals surface area contributed by atoms with E-state index in [1.165, 1.54) is 0 Å². The molecule has 2 aromatic rings. The van der Waals surface area contributed by atoms with Crippen molar-refractivity contribution in [3.8, 4) is 11.5 Å². The van der Waals surface area contributed by atoms with Gasteiger partial charge in [-0.3, -0.25) is 9.59 Å². The Kier molecular flexibility index (Phi) is 6.19. The maximum atomic E-state index is 13.0. The van der Waals surface area contributed by atoms with E-state index in [2.05, 4.69) is 0 Å². The van der Waals surface area contributed by atoms with Crippen LogP contribution < -0.4 is 14.4 Å². The summed E-state index contributed by atoms with van der Waals surface area (Å²) in [6, 6.07) is 14.7. The summed E-state index contributed by atoms with van der Waals surface area (Å²) in [6.07, 6.45) is 1.06. The van der Waals surface area contributed by atoms with Crippen molar-refractivity contribution in [2.24, 2.45) is 0 Å². The summed E-state index contributed by atoms with van der Waals surface area (Å²) in [7, 11) is 3.15. The molecule has 0 saturated carbocycles. The maximum absolute atomic E-state index is 13.0. The molecule has 6 nitrogen and oxygen atoms in total. The number of hydrogen-bond acceptors (Lipinski definition) is 4. The largest absolute Gasteiger partial charge is 0.497 e. The van der Waals surface area contributed by atoms with Gasteiger partial charge in [0, 0.05) is 25.6 Å².